The van der Waals surface area contributed by atoms with Gasteiger partial charge in [-0.3, -0.25) is 9.59 Å². The maximum absolute atomic E-state index is 13.9. The fourth-order valence-electron chi connectivity index (χ4n) is 6.14. The molecule has 2 aromatic carbocycles. The smallest absolute Gasteiger partial charge is 0.251 e. The van der Waals surface area contributed by atoms with Gasteiger partial charge in [0, 0.05) is 30.8 Å². The number of nitrogens with two attached hydrogens (primary N) is 2. The summed E-state index contributed by atoms with van der Waals surface area (Å²) in [6.45, 7) is 3.64. The molecule has 6 rings (SSSR count). The van der Waals surface area contributed by atoms with Crippen molar-refractivity contribution >= 4 is 23.3 Å². The zero-order valence-corrected chi connectivity index (χ0v) is 25.2. The van der Waals surface area contributed by atoms with Crippen molar-refractivity contribution in [3.05, 3.63) is 72.4 Å². The van der Waals surface area contributed by atoms with E-state index in [1.165, 1.54) is 4.90 Å². The van der Waals surface area contributed by atoms with Crippen molar-refractivity contribution in [3.63, 3.8) is 0 Å². The zero-order chi connectivity index (χ0) is 31.2. The number of benzene rings is 2. The number of tetrazole rings is 1. The van der Waals surface area contributed by atoms with E-state index in [0.29, 0.717) is 62.0 Å². The predicted molar refractivity (Wildman–Crippen MR) is 171 cm³/mol. The van der Waals surface area contributed by atoms with Crippen LogP contribution < -0.4 is 21.3 Å². The van der Waals surface area contributed by atoms with Gasteiger partial charge in [-0.15, -0.1) is 10.2 Å². The van der Waals surface area contributed by atoms with Gasteiger partial charge in [0.1, 0.15) is 5.82 Å². The summed E-state index contributed by atoms with van der Waals surface area (Å²) in [5, 5.41) is 14.1. The number of hydrogen-bond donors (Lipinski definition) is 3. The van der Waals surface area contributed by atoms with E-state index in [0.717, 1.165) is 48.4 Å². The summed E-state index contributed by atoms with van der Waals surface area (Å²) in [7, 11) is 0. The number of pyridine rings is 1. The molecule has 234 valence electrons. The Bertz CT molecular complexity index is 1560. The van der Waals surface area contributed by atoms with Crippen molar-refractivity contribution in [2.45, 2.75) is 38.1 Å². The van der Waals surface area contributed by atoms with Gasteiger partial charge in [0.2, 0.25) is 11.7 Å². The number of rotatable bonds is 9. The molecule has 2 aliphatic rings. The normalized spacial score (nSPS) is 19.2. The number of nitrogens with one attached hydrogen (secondary N) is 1. The highest BCUT2D eigenvalue weighted by atomic mass is 16.5. The highest BCUT2D eigenvalue weighted by molar-refractivity contribution is 6.17. The molecule has 2 amide bonds. The minimum atomic E-state index is -0.911. The van der Waals surface area contributed by atoms with Crippen LogP contribution in [-0.2, 0) is 20.7 Å². The van der Waals surface area contributed by atoms with Crippen molar-refractivity contribution in [1.29, 1.82) is 0 Å². The van der Waals surface area contributed by atoms with Crippen molar-refractivity contribution in [3.8, 4) is 22.5 Å². The number of carbonyl (C=O) groups excluding carboxylic acids is 2. The lowest BCUT2D eigenvalue weighted by atomic mass is 9.81. The SMILES string of the molecule is NCC1CCC(C(=O)N(C(=O)[C@@H](N)Cc2ccc(-c3ccnc(N4CCOCC4)c3)cc2)c2ccc(-c3nn[nH]n3)cc2)CC1. The van der Waals surface area contributed by atoms with Gasteiger partial charge >= 0.3 is 0 Å². The highest BCUT2D eigenvalue weighted by Gasteiger charge is 2.35. The van der Waals surface area contributed by atoms with Crippen LogP contribution in [-0.4, -0.2) is 76.3 Å². The average molecular weight is 610 g/mol. The van der Waals surface area contributed by atoms with Crippen LogP contribution >= 0.6 is 0 Å². The molecule has 2 aromatic heterocycles. The second kappa shape index (κ2) is 14.1. The van der Waals surface area contributed by atoms with Crippen LogP contribution in [0.4, 0.5) is 11.5 Å². The van der Waals surface area contributed by atoms with E-state index in [1.54, 1.807) is 24.3 Å². The standard InChI is InChI=1S/C33H39N9O3/c34-21-23-3-7-26(8-4-23)32(43)42(28-11-9-25(10-12-28)31-37-39-40-38-31)33(44)29(35)19-22-1-5-24(6-2-22)27-13-14-36-30(20-27)41-15-17-45-18-16-41/h1-2,5-6,9-14,20,23,26,29H,3-4,7-8,15-19,21,34-35H2,(H,37,38,39,40)/t23?,26?,29-/m0/s1. The van der Waals surface area contributed by atoms with E-state index >= 15 is 0 Å². The lowest BCUT2D eigenvalue weighted by Gasteiger charge is -2.32. The zero-order valence-electron chi connectivity index (χ0n) is 25.2. The van der Waals surface area contributed by atoms with Crippen molar-refractivity contribution in [2.24, 2.45) is 23.3 Å². The number of aromatic nitrogens is 5. The summed E-state index contributed by atoms with van der Waals surface area (Å²) in [5.74, 6) is 0.858. The molecule has 0 unspecified atom stereocenters. The summed E-state index contributed by atoms with van der Waals surface area (Å²) < 4.78 is 5.47. The number of aromatic amines is 1. The Kier molecular flexibility index (Phi) is 9.53. The molecule has 12 heteroatoms. The van der Waals surface area contributed by atoms with Gasteiger partial charge in [-0.25, -0.2) is 9.88 Å². The Morgan fingerprint density at radius 2 is 1.67 bits per heavy atom. The third-order valence-electron chi connectivity index (χ3n) is 8.84. The highest BCUT2D eigenvalue weighted by Crippen LogP contribution is 2.32. The Morgan fingerprint density at radius 3 is 2.33 bits per heavy atom. The van der Waals surface area contributed by atoms with Gasteiger partial charge in [-0.1, -0.05) is 24.3 Å². The number of carbonyl (C=O) groups is 2. The van der Waals surface area contributed by atoms with E-state index in [-0.39, 0.29) is 11.8 Å². The van der Waals surface area contributed by atoms with E-state index in [2.05, 4.69) is 36.6 Å². The van der Waals surface area contributed by atoms with Gasteiger partial charge in [0.05, 0.1) is 24.9 Å². The lowest BCUT2D eigenvalue weighted by molar-refractivity contribution is -0.130. The Hall–Kier alpha value is -4.52. The summed E-state index contributed by atoms with van der Waals surface area (Å²) in [6.07, 6.45) is 5.25. The molecule has 45 heavy (non-hydrogen) atoms. The summed E-state index contributed by atoms with van der Waals surface area (Å²) >= 11 is 0. The maximum atomic E-state index is 13.9. The second-order valence-electron chi connectivity index (χ2n) is 11.8. The number of ether oxygens (including phenoxy) is 1. The lowest BCUT2D eigenvalue weighted by Crippen LogP contribution is -2.50. The minimum absolute atomic E-state index is 0.220. The first kappa shape index (κ1) is 30.5. The number of nitrogens with zero attached hydrogens (tertiary/aromatic N) is 6. The van der Waals surface area contributed by atoms with E-state index < -0.39 is 11.9 Å². The summed E-state index contributed by atoms with van der Waals surface area (Å²) in [5.41, 5.74) is 16.6. The third-order valence-corrected chi connectivity index (χ3v) is 8.84. The summed E-state index contributed by atoms with van der Waals surface area (Å²) in [4.78, 5) is 35.9. The molecule has 1 saturated heterocycles. The molecular weight excluding hydrogens is 570 g/mol. The van der Waals surface area contributed by atoms with Crippen molar-refractivity contribution in [2.75, 3.05) is 42.6 Å². The third kappa shape index (κ3) is 7.08. The molecule has 3 heterocycles. The largest absolute Gasteiger partial charge is 0.378 e. The monoisotopic (exact) mass is 609 g/mol. The Balaban J connectivity index is 1.18. The van der Waals surface area contributed by atoms with Gasteiger partial charge in [-0.2, -0.15) is 5.21 Å². The molecule has 2 fully saturated rings. The first-order valence-electron chi connectivity index (χ1n) is 15.6. The number of morpholine rings is 1. The molecule has 0 radical (unpaired) electrons. The van der Waals surface area contributed by atoms with Gasteiger partial charge in [-0.05, 0) is 103 Å². The second-order valence-corrected chi connectivity index (χ2v) is 11.8. The number of hydrogen-bond acceptors (Lipinski definition) is 10. The summed E-state index contributed by atoms with van der Waals surface area (Å²) in [6, 6.07) is 18.2. The molecule has 5 N–H and O–H groups in total. The molecule has 1 atom stereocenters. The number of H-pyrrole nitrogens is 1. The van der Waals surface area contributed by atoms with Crippen LogP contribution in [0.15, 0.2) is 66.9 Å². The molecule has 1 aliphatic heterocycles. The van der Waals surface area contributed by atoms with E-state index in [4.69, 9.17) is 16.2 Å². The predicted octanol–water partition coefficient (Wildman–Crippen LogP) is 2.96. The van der Waals surface area contributed by atoms with Crippen LogP contribution in [0.3, 0.4) is 0 Å². The molecular formula is C33H39N9O3. The molecule has 4 aromatic rings. The fraction of sp³-hybridized carbons (Fsp3) is 0.394. The van der Waals surface area contributed by atoms with Crippen LogP contribution in [0, 0.1) is 11.8 Å². The average Bonchev–Trinajstić information content (AvgIpc) is 3.65. The molecule has 12 nitrogen and oxygen atoms in total. The minimum Gasteiger partial charge on any atom is -0.378 e. The van der Waals surface area contributed by atoms with Crippen LogP contribution in [0.1, 0.15) is 31.2 Å². The van der Waals surface area contributed by atoms with Gasteiger partial charge in [0.25, 0.3) is 5.91 Å². The van der Waals surface area contributed by atoms with Crippen LogP contribution in [0.2, 0.25) is 0 Å². The van der Waals surface area contributed by atoms with Gasteiger partial charge in [0.15, 0.2) is 0 Å². The topological polar surface area (TPSA) is 169 Å². The van der Waals surface area contributed by atoms with E-state index in [9.17, 15) is 9.59 Å². The van der Waals surface area contributed by atoms with Crippen LogP contribution in [0.25, 0.3) is 22.5 Å². The molecule has 1 saturated carbocycles. The molecule has 0 spiro atoms. The molecule has 1 aliphatic carbocycles. The van der Waals surface area contributed by atoms with Crippen molar-refractivity contribution < 1.29 is 14.3 Å². The quantitative estimate of drug-likeness (QED) is 0.256. The first-order chi connectivity index (χ1) is 22.0. The van der Waals surface area contributed by atoms with Crippen molar-refractivity contribution in [1.82, 2.24) is 25.6 Å². The van der Waals surface area contributed by atoms with Crippen LogP contribution in [0.5, 0.6) is 0 Å². The van der Waals surface area contributed by atoms with E-state index in [1.807, 2.05) is 36.5 Å². The fourth-order valence-corrected chi connectivity index (χ4v) is 6.14. The number of imide groups is 1. The molecule has 0 bridgehead atoms. The maximum Gasteiger partial charge on any atom is 0.251 e. The first-order valence-corrected chi connectivity index (χ1v) is 15.6. The number of anilines is 2. The Morgan fingerprint density at radius 1 is 0.956 bits per heavy atom. The number of amides is 2. The van der Waals surface area contributed by atoms with Gasteiger partial charge < -0.3 is 21.1 Å². The Labute approximate surface area is 262 Å².